The molecule has 0 saturated carbocycles. The molecule has 2 rings (SSSR count). The zero-order chi connectivity index (χ0) is 33.4. The molecule has 0 radical (unpaired) electrons. The molecule has 0 aliphatic carbocycles. The highest BCUT2D eigenvalue weighted by Crippen LogP contribution is 2.36. The van der Waals surface area contributed by atoms with Gasteiger partial charge in [0.2, 0.25) is 0 Å². The first-order chi connectivity index (χ1) is 22.3. The molecule has 0 fully saturated rings. The zero-order valence-corrected chi connectivity index (χ0v) is 35.2. The van der Waals surface area contributed by atoms with Crippen LogP contribution in [0.25, 0.3) is 11.1 Å². The van der Waals surface area contributed by atoms with E-state index in [1.54, 1.807) is 0 Å². The maximum absolute atomic E-state index is 6.41. The summed E-state index contributed by atoms with van der Waals surface area (Å²) >= 11 is 0. The number of hydrogen-bond acceptors (Lipinski definition) is 2. The van der Waals surface area contributed by atoms with Crippen molar-refractivity contribution in [3.8, 4) is 22.6 Å². The van der Waals surface area contributed by atoms with Gasteiger partial charge < -0.3 is 52.4 Å². The van der Waals surface area contributed by atoms with Gasteiger partial charge in [0, 0.05) is 24.0 Å². The maximum atomic E-state index is 6.41. The standard InChI is InChI=1S/C42H74N2O2.2BrH/c1-7-9-11-13-15-17-19-25-33-43(3,4)35-27-37-45-41-31-23-21-29-39(41)40-30-22-24-32-42(40)46-38-28-36-44(5,6)34-26-20-18-16-14-12-10-8-2;;/h21-24,29-32H,7-20,25-28,33-38H2,1-6H3;2*1H/q+2;;/p-2. The maximum Gasteiger partial charge on any atom is 0.127 e. The second-order valence-corrected chi connectivity index (χ2v) is 15.1. The molecule has 0 amide bonds. The van der Waals surface area contributed by atoms with E-state index in [0.717, 1.165) is 70.7 Å². The Morgan fingerprint density at radius 2 is 0.688 bits per heavy atom. The first-order valence-corrected chi connectivity index (χ1v) is 19.4. The molecule has 0 heterocycles. The average Bonchev–Trinajstić information content (AvgIpc) is 3.04. The van der Waals surface area contributed by atoms with Crippen LogP contribution in [0.1, 0.15) is 129 Å². The number of nitrogens with zero attached hydrogens (tertiary/aromatic N) is 2. The van der Waals surface area contributed by atoms with Crippen LogP contribution >= 0.6 is 0 Å². The minimum Gasteiger partial charge on any atom is -1.00 e. The van der Waals surface area contributed by atoms with Crippen molar-refractivity contribution in [3.63, 3.8) is 0 Å². The first kappa shape index (κ1) is 46.9. The number of para-hydroxylation sites is 2. The second-order valence-electron chi connectivity index (χ2n) is 15.1. The lowest BCUT2D eigenvalue weighted by molar-refractivity contribution is -0.890. The normalized spacial score (nSPS) is 11.5. The molecule has 0 spiro atoms. The van der Waals surface area contributed by atoms with Crippen LogP contribution < -0.4 is 43.4 Å². The van der Waals surface area contributed by atoms with E-state index >= 15 is 0 Å². The Morgan fingerprint density at radius 3 is 1.04 bits per heavy atom. The molecule has 0 bridgehead atoms. The minimum absolute atomic E-state index is 0. The predicted octanol–water partition coefficient (Wildman–Crippen LogP) is 5.33. The highest BCUT2D eigenvalue weighted by molar-refractivity contribution is 5.75. The number of benzene rings is 2. The summed E-state index contributed by atoms with van der Waals surface area (Å²) < 4.78 is 15.0. The van der Waals surface area contributed by atoms with Crippen LogP contribution in [0, 0.1) is 0 Å². The lowest BCUT2D eigenvalue weighted by atomic mass is 10.0. The molecule has 0 aliphatic rings. The van der Waals surface area contributed by atoms with Crippen molar-refractivity contribution < 1.29 is 52.4 Å². The van der Waals surface area contributed by atoms with E-state index in [1.165, 1.54) is 116 Å². The van der Waals surface area contributed by atoms with Crippen LogP contribution in [0.5, 0.6) is 11.5 Å². The van der Waals surface area contributed by atoms with Crippen molar-refractivity contribution in [2.75, 3.05) is 67.6 Å². The Balaban J connectivity index is 0.0000110. The Kier molecular flexibility index (Phi) is 28.0. The SMILES string of the molecule is CCCCCCCCCC[N+](C)(C)CCCOc1ccccc1-c1ccccc1OCCC[N+](C)(C)CCCCCCCCCC.[Br-].[Br-]. The largest absolute Gasteiger partial charge is 1.00 e. The number of quaternary nitrogens is 2. The summed E-state index contributed by atoms with van der Waals surface area (Å²) in [6.07, 6.45) is 24.2. The number of ether oxygens (including phenoxy) is 2. The summed E-state index contributed by atoms with van der Waals surface area (Å²) in [4.78, 5) is 0. The van der Waals surface area contributed by atoms with Gasteiger partial charge >= 0.3 is 0 Å². The van der Waals surface area contributed by atoms with E-state index < -0.39 is 0 Å². The third-order valence-corrected chi connectivity index (χ3v) is 9.63. The fourth-order valence-corrected chi connectivity index (χ4v) is 6.55. The molecule has 4 nitrogen and oxygen atoms in total. The van der Waals surface area contributed by atoms with Gasteiger partial charge in [-0.3, -0.25) is 0 Å². The second kappa shape index (κ2) is 28.6. The zero-order valence-electron chi connectivity index (χ0n) is 32.1. The van der Waals surface area contributed by atoms with Crippen LogP contribution in [0.2, 0.25) is 0 Å². The molecule has 0 atom stereocenters. The van der Waals surface area contributed by atoms with Crippen molar-refractivity contribution in [1.82, 2.24) is 0 Å². The third-order valence-electron chi connectivity index (χ3n) is 9.63. The van der Waals surface area contributed by atoms with E-state index in [0.29, 0.717) is 0 Å². The van der Waals surface area contributed by atoms with Crippen LogP contribution in [0.3, 0.4) is 0 Å². The highest BCUT2D eigenvalue weighted by Gasteiger charge is 2.17. The molecular weight excluding hydrogens is 724 g/mol. The molecule has 2 aromatic rings. The van der Waals surface area contributed by atoms with Crippen molar-refractivity contribution in [2.24, 2.45) is 0 Å². The molecule has 0 saturated heterocycles. The van der Waals surface area contributed by atoms with Gasteiger partial charge in [0.15, 0.2) is 0 Å². The van der Waals surface area contributed by atoms with Gasteiger partial charge in [0.1, 0.15) is 11.5 Å². The van der Waals surface area contributed by atoms with Crippen LogP contribution in [0.15, 0.2) is 48.5 Å². The Labute approximate surface area is 319 Å². The summed E-state index contributed by atoms with van der Waals surface area (Å²) in [5, 5.41) is 0. The van der Waals surface area contributed by atoms with E-state index in [9.17, 15) is 0 Å². The number of unbranched alkanes of at least 4 members (excludes halogenated alkanes) is 14. The monoisotopic (exact) mass is 796 g/mol. The van der Waals surface area contributed by atoms with Gasteiger partial charge in [-0.25, -0.2) is 0 Å². The summed E-state index contributed by atoms with van der Waals surface area (Å²) in [6, 6.07) is 16.9. The van der Waals surface area contributed by atoms with E-state index in [-0.39, 0.29) is 34.0 Å². The first-order valence-electron chi connectivity index (χ1n) is 19.4. The van der Waals surface area contributed by atoms with E-state index in [2.05, 4.69) is 90.6 Å². The smallest absolute Gasteiger partial charge is 0.127 e. The molecular formula is C42H74Br2N2O2. The quantitative estimate of drug-likeness (QED) is 0.0820. The lowest BCUT2D eigenvalue weighted by Crippen LogP contribution is -3.00. The molecule has 2 aromatic carbocycles. The Morgan fingerprint density at radius 1 is 0.396 bits per heavy atom. The highest BCUT2D eigenvalue weighted by atomic mass is 79.9. The number of hydrogen-bond donors (Lipinski definition) is 0. The summed E-state index contributed by atoms with van der Waals surface area (Å²) in [5.41, 5.74) is 2.24. The summed E-state index contributed by atoms with van der Waals surface area (Å²) in [7, 11) is 9.50. The molecule has 6 heteroatoms. The predicted molar refractivity (Wildman–Crippen MR) is 201 cm³/mol. The van der Waals surface area contributed by atoms with Crippen molar-refractivity contribution in [3.05, 3.63) is 48.5 Å². The van der Waals surface area contributed by atoms with Crippen molar-refractivity contribution in [2.45, 2.75) is 129 Å². The van der Waals surface area contributed by atoms with Gasteiger partial charge in [-0.2, -0.15) is 0 Å². The van der Waals surface area contributed by atoms with Crippen LogP contribution in [0.4, 0.5) is 0 Å². The number of halogens is 2. The van der Waals surface area contributed by atoms with Crippen molar-refractivity contribution in [1.29, 1.82) is 0 Å². The molecule has 0 aliphatic heterocycles. The van der Waals surface area contributed by atoms with E-state index in [1.807, 2.05) is 0 Å². The number of rotatable bonds is 29. The fourth-order valence-electron chi connectivity index (χ4n) is 6.55. The Bertz CT molecular complexity index is 949. The van der Waals surface area contributed by atoms with Gasteiger partial charge in [-0.15, -0.1) is 0 Å². The van der Waals surface area contributed by atoms with Crippen molar-refractivity contribution >= 4 is 0 Å². The van der Waals surface area contributed by atoms with Crippen LogP contribution in [-0.4, -0.2) is 76.5 Å². The molecule has 48 heavy (non-hydrogen) atoms. The molecule has 278 valence electrons. The third kappa shape index (κ3) is 21.9. The molecule has 0 N–H and O–H groups in total. The van der Waals surface area contributed by atoms with Gasteiger partial charge in [-0.05, 0) is 37.8 Å². The lowest BCUT2D eigenvalue weighted by Gasteiger charge is -2.30. The van der Waals surface area contributed by atoms with Gasteiger partial charge in [-0.1, -0.05) is 127 Å². The minimum atomic E-state index is 0. The van der Waals surface area contributed by atoms with Gasteiger partial charge in [0.05, 0.1) is 67.6 Å². The summed E-state index contributed by atoms with van der Waals surface area (Å²) in [6.45, 7) is 10.9. The van der Waals surface area contributed by atoms with Gasteiger partial charge in [0.25, 0.3) is 0 Å². The summed E-state index contributed by atoms with van der Waals surface area (Å²) in [5.74, 6) is 1.91. The molecule has 0 unspecified atom stereocenters. The Hall–Kier alpha value is -1.08. The van der Waals surface area contributed by atoms with E-state index in [4.69, 9.17) is 9.47 Å². The topological polar surface area (TPSA) is 18.5 Å². The van der Waals surface area contributed by atoms with Crippen LogP contribution in [-0.2, 0) is 0 Å². The fraction of sp³-hybridized carbons (Fsp3) is 0.714. The average molecular weight is 799 g/mol. The molecule has 0 aromatic heterocycles.